The molecule has 116 valence electrons. The van der Waals surface area contributed by atoms with Crippen molar-refractivity contribution in [2.45, 2.75) is 25.7 Å². The smallest absolute Gasteiger partial charge is 0.251 e. The Morgan fingerprint density at radius 2 is 2.10 bits per heavy atom. The number of carbonyl (C=O) groups is 1. The molecule has 0 heterocycles. The number of alkyl halides is 1. The van der Waals surface area contributed by atoms with Crippen LogP contribution in [-0.4, -0.2) is 25.4 Å². The van der Waals surface area contributed by atoms with Gasteiger partial charge in [-0.2, -0.15) is 0 Å². The fourth-order valence-electron chi connectivity index (χ4n) is 2.89. The van der Waals surface area contributed by atoms with E-state index in [1.807, 2.05) is 0 Å². The van der Waals surface area contributed by atoms with Crippen LogP contribution in [0.4, 0.5) is 0 Å². The van der Waals surface area contributed by atoms with Crippen LogP contribution in [0.1, 0.15) is 36.0 Å². The molecule has 2 unspecified atom stereocenters. The van der Waals surface area contributed by atoms with Gasteiger partial charge >= 0.3 is 0 Å². The van der Waals surface area contributed by atoms with Crippen molar-refractivity contribution in [1.29, 1.82) is 0 Å². The number of methoxy groups -OCH3 is 1. The topological polar surface area (TPSA) is 38.3 Å². The lowest BCUT2D eigenvalue weighted by Crippen LogP contribution is -2.34. The number of halogens is 2. The van der Waals surface area contributed by atoms with Crippen molar-refractivity contribution in [3.05, 3.63) is 28.2 Å². The Hall–Kier alpha value is -0.740. The average molecular weight is 375 g/mol. The normalized spacial score (nSPS) is 21.9. The second kappa shape index (κ2) is 8.04. The first-order valence-corrected chi connectivity index (χ1v) is 8.66. The molecule has 1 saturated carbocycles. The summed E-state index contributed by atoms with van der Waals surface area (Å²) in [5.41, 5.74) is 0.640. The maximum Gasteiger partial charge on any atom is 0.251 e. The predicted octanol–water partition coefficient (Wildman–Crippen LogP) is 4.23. The van der Waals surface area contributed by atoms with Crippen LogP contribution in [0.25, 0.3) is 0 Å². The molecule has 3 nitrogen and oxygen atoms in total. The van der Waals surface area contributed by atoms with Gasteiger partial charge in [-0.1, -0.05) is 12.8 Å². The second-order valence-electron chi connectivity index (χ2n) is 5.52. The van der Waals surface area contributed by atoms with E-state index in [9.17, 15) is 4.79 Å². The maximum atomic E-state index is 12.2. The maximum absolute atomic E-state index is 12.2. The molecule has 2 rings (SSSR count). The predicted molar refractivity (Wildman–Crippen MR) is 89.2 cm³/mol. The molecular weight excluding hydrogens is 354 g/mol. The summed E-state index contributed by atoms with van der Waals surface area (Å²) >= 11 is 9.43. The quantitative estimate of drug-likeness (QED) is 0.783. The van der Waals surface area contributed by atoms with E-state index in [-0.39, 0.29) is 5.91 Å². The fourth-order valence-corrected chi connectivity index (χ4v) is 3.84. The molecule has 0 spiro atoms. The number of hydrogen-bond acceptors (Lipinski definition) is 2. The molecule has 1 aromatic carbocycles. The first-order valence-electron chi connectivity index (χ1n) is 7.33. The Morgan fingerprint density at radius 1 is 1.38 bits per heavy atom. The molecule has 0 radical (unpaired) electrons. The summed E-state index contributed by atoms with van der Waals surface area (Å²) in [6.07, 6.45) is 4.83. The first kappa shape index (κ1) is 16.6. The van der Waals surface area contributed by atoms with Gasteiger partial charge in [0.05, 0.1) is 11.6 Å². The highest BCUT2D eigenvalue weighted by Gasteiger charge is 2.24. The molecule has 1 aliphatic carbocycles. The standard InChI is InChI=1S/C16H21BrClNO2/c1-21-15-7-6-11(8-14(15)17)16(20)19-10-13-5-3-2-4-12(13)9-18/h6-8,12-13H,2-5,9-10H2,1H3,(H,19,20). The van der Waals surface area contributed by atoms with Crippen molar-refractivity contribution in [1.82, 2.24) is 5.32 Å². The summed E-state index contributed by atoms with van der Waals surface area (Å²) in [6, 6.07) is 5.36. The van der Waals surface area contributed by atoms with Gasteiger partial charge in [-0.05, 0) is 58.8 Å². The minimum absolute atomic E-state index is 0.0442. The Balaban J connectivity index is 1.93. The Bertz CT molecular complexity index is 495. The minimum atomic E-state index is -0.0442. The lowest BCUT2D eigenvalue weighted by molar-refractivity contribution is 0.0936. The number of benzene rings is 1. The van der Waals surface area contributed by atoms with Crippen molar-refractivity contribution in [2.75, 3.05) is 19.5 Å². The summed E-state index contributed by atoms with van der Waals surface area (Å²) in [7, 11) is 1.61. The van der Waals surface area contributed by atoms with E-state index in [2.05, 4.69) is 21.2 Å². The van der Waals surface area contributed by atoms with Crippen molar-refractivity contribution in [3.63, 3.8) is 0 Å². The van der Waals surface area contributed by atoms with E-state index in [4.69, 9.17) is 16.3 Å². The Labute approximate surface area is 139 Å². The van der Waals surface area contributed by atoms with Crippen molar-refractivity contribution in [3.8, 4) is 5.75 Å². The molecule has 1 amide bonds. The molecule has 5 heteroatoms. The number of amides is 1. The number of rotatable bonds is 5. The molecule has 1 aromatic rings. The highest BCUT2D eigenvalue weighted by Crippen LogP contribution is 2.30. The van der Waals surface area contributed by atoms with E-state index in [1.165, 1.54) is 19.3 Å². The number of hydrogen-bond donors (Lipinski definition) is 1. The van der Waals surface area contributed by atoms with Crippen LogP contribution in [0.3, 0.4) is 0 Å². The zero-order valence-electron chi connectivity index (χ0n) is 12.2. The molecule has 1 aliphatic rings. The molecule has 0 bridgehead atoms. The number of carbonyl (C=O) groups excluding carboxylic acids is 1. The van der Waals surface area contributed by atoms with Gasteiger partial charge in [-0.25, -0.2) is 0 Å². The van der Waals surface area contributed by atoms with Gasteiger partial charge in [-0.3, -0.25) is 4.79 Å². The van der Waals surface area contributed by atoms with Crippen LogP contribution in [0.2, 0.25) is 0 Å². The van der Waals surface area contributed by atoms with Gasteiger partial charge in [-0.15, -0.1) is 11.6 Å². The third-order valence-corrected chi connectivity index (χ3v) is 5.22. The lowest BCUT2D eigenvalue weighted by atomic mass is 9.80. The zero-order chi connectivity index (χ0) is 15.2. The van der Waals surface area contributed by atoms with Crippen LogP contribution in [0.15, 0.2) is 22.7 Å². The Morgan fingerprint density at radius 3 is 2.71 bits per heavy atom. The van der Waals surface area contributed by atoms with Gasteiger partial charge in [0.2, 0.25) is 0 Å². The van der Waals surface area contributed by atoms with Crippen LogP contribution < -0.4 is 10.1 Å². The van der Waals surface area contributed by atoms with E-state index >= 15 is 0 Å². The molecule has 0 aromatic heterocycles. The number of ether oxygens (including phenoxy) is 1. The van der Waals surface area contributed by atoms with Gasteiger partial charge in [0.25, 0.3) is 5.91 Å². The molecular formula is C16H21BrClNO2. The van der Waals surface area contributed by atoms with Crippen LogP contribution in [-0.2, 0) is 0 Å². The summed E-state index contributed by atoms with van der Waals surface area (Å²) in [5, 5.41) is 3.04. The monoisotopic (exact) mass is 373 g/mol. The molecule has 0 aliphatic heterocycles. The molecule has 1 N–H and O–H groups in total. The minimum Gasteiger partial charge on any atom is -0.496 e. The van der Waals surface area contributed by atoms with E-state index < -0.39 is 0 Å². The molecule has 0 saturated heterocycles. The largest absolute Gasteiger partial charge is 0.496 e. The molecule has 2 atom stereocenters. The first-order chi connectivity index (χ1) is 10.2. The van der Waals surface area contributed by atoms with Crippen molar-refractivity contribution < 1.29 is 9.53 Å². The zero-order valence-corrected chi connectivity index (χ0v) is 14.5. The second-order valence-corrected chi connectivity index (χ2v) is 6.68. The SMILES string of the molecule is COc1ccc(C(=O)NCC2CCCCC2CCl)cc1Br. The van der Waals surface area contributed by atoms with Crippen LogP contribution >= 0.6 is 27.5 Å². The van der Waals surface area contributed by atoms with Gasteiger partial charge < -0.3 is 10.1 Å². The lowest BCUT2D eigenvalue weighted by Gasteiger charge is -2.30. The van der Waals surface area contributed by atoms with E-state index in [1.54, 1.807) is 25.3 Å². The summed E-state index contributed by atoms with van der Waals surface area (Å²) in [6.45, 7) is 0.708. The van der Waals surface area contributed by atoms with Gasteiger partial charge in [0.15, 0.2) is 0 Å². The fraction of sp³-hybridized carbons (Fsp3) is 0.562. The Kier molecular flexibility index (Phi) is 6.37. The summed E-state index contributed by atoms with van der Waals surface area (Å²) in [5.74, 6) is 2.40. The molecule has 21 heavy (non-hydrogen) atoms. The average Bonchev–Trinajstić information content (AvgIpc) is 2.52. The van der Waals surface area contributed by atoms with Crippen molar-refractivity contribution >= 4 is 33.4 Å². The summed E-state index contributed by atoms with van der Waals surface area (Å²) < 4.78 is 5.96. The van der Waals surface area contributed by atoms with Gasteiger partial charge in [0, 0.05) is 18.0 Å². The highest BCUT2D eigenvalue weighted by atomic mass is 79.9. The van der Waals surface area contributed by atoms with E-state index in [0.717, 1.165) is 16.6 Å². The van der Waals surface area contributed by atoms with Gasteiger partial charge in [0.1, 0.15) is 5.75 Å². The highest BCUT2D eigenvalue weighted by molar-refractivity contribution is 9.10. The third kappa shape index (κ3) is 4.36. The van der Waals surface area contributed by atoms with E-state index in [0.29, 0.717) is 29.8 Å². The van der Waals surface area contributed by atoms with Crippen molar-refractivity contribution in [2.24, 2.45) is 11.8 Å². The summed E-state index contributed by atoms with van der Waals surface area (Å²) in [4.78, 5) is 12.2. The van der Waals surface area contributed by atoms with Crippen LogP contribution in [0.5, 0.6) is 5.75 Å². The molecule has 1 fully saturated rings. The third-order valence-electron chi connectivity index (χ3n) is 4.20. The number of nitrogens with one attached hydrogen (secondary N) is 1. The van der Waals surface area contributed by atoms with Crippen LogP contribution in [0, 0.1) is 11.8 Å².